The lowest BCUT2D eigenvalue weighted by atomic mass is 9.94. The zero-order chi connectivity index (χ0) is 26.6. The van der Waals surface area contributed by atoms with Gasteiger partial charge in [-0.15, -0.1) is 0 Å². The van der Waals surface area contributed by atoms with Crippen molar-refractivity contribution >= 4 is 22.9 Å². The standard InChI is InChI=1S/C32H36FN5O/c33-27-10-6-9-25(21-27)23-38-30-12-5-4-11-29(30)35-32(38)37-19-13-26(14-20-37)31(39)34-28-15-17-36(18-16-28)22-24-7-2-1-3-8-24/h1-12,21,26,28H,13-20,22-23H2,(H,34,39). The molecule has 0 radical (unpaired) electrons. The van der Waals surface area contributed by atoms with Crippen molar-refractivity contribution in [2.45, 2.75) is 44.8 Å². The molecule has 0 atom stereocenters. The largest absolute Gasteiger partial charge is 0.353 e. The van der Waals surface area contributed by atoms with Gasteiger partial charge in [0.1, 0.15) is 5.82 Å². The van der Waals surface area contributed by atoms with Gasteiger partial charge in [-0.2, -0.15) is 0 Å². The molecule has 4 aromatic rings. The monoisotopic (exact) mass is 525 g/mol. The van der Waals surface area contributed by atoms with Gasteiger partial charge in [-0.3, -0.25) is 9.69 Å². The van der Waals surface area contributed by atoms with Gasteiger partial charge in [0.15, 0.2) is 0 Å². The molecule has 6 nitrogen and oxygen atoms in total. The molecular formula is C32H36FN5O. The van der Waals surface area contributed by atoms with E-state index in [0.29, 0.717) is 6.54 Å². The Morgan fingerprint density at radius 1 is 0.821 bits per heavy atom. The van der Waals surface area contributed by atoms with E-state index in [1.54, 1.807) is 12.1 Å². The normalized spacial score (nSPS) is 17.5. The molecule has 0 bridgehead atoms. The Bertz CT molecular complexity index is 1400. The van der Waals surface area contributed by atoms with Crippen molar-refractivity contribution in [3.8, 4) is 0 Å². The highest BCUT2D eigenvalue weighted by Crippen LogP contribution is 2.28. The molecule has 2 aliphatic rings. The van der Waals surface area contributed by atoms with Crippen LogP contribution in [0.25, 0.3) is 11.0 Å². The van der Waals surface area contributed by atoms with E-state index in [1.165, 1.54) is 11.6 Å². The number of imidazole rings is 1. The maximum atomic E-state index is 13.9. The van der Waals surface area contributed by atoms with E-state index in [-0.39, 0.29) is 23.7 Å². The molecule has 3 aromatic carbocycles. The van der Waals surface area contributed by atoms with Gasteiger partial charge in [0, 0.05) is 44.7 Å². The number of hydrogen-bond acceptors (Lipinski definition) is 4. The number of rotatable bonds is 7. The summed E-state index contributed by atoms with van der Waals surface area (Å²) >= 11 is 0. The van der Waals surface area contributed by atoms with Gasteiger partial charge in [-0.25, -0.2) is 9.37 Å². The van der Waals surface area contributed by atoms with Crippen LogP contribution in [0.4, 0.5) is 10.3 Å². The van der Waals surface area contributed by atoms with Crippen LogP contribution in [0.3, 0.4) is 0 Å². The van der Waals surface area contributed by atoms with Gasteiger partial charge in [-0.1, -0.05) is 54.6 Å². The minimum Gasteiger partial charge on any atom is -0.353 e. The molecule has 202 valence electrons. The lowest BCUT2D eigenvalue weighted by Crippen LogP contribution is -2.48. The number of piperidine rings is 2. The third-order valence-electron chi connectivity index (χ3n) is 8.20. The van der Waals surface area contributed by atoms with Crippen LogP contribution >= 0.6 is 0 Å². The first-order valence-corrected chi connectivity index (χ1v) is 14.1. The summed E-state index contributed by atoms with van der Waals surface area (Å²) in [5.41, 5.74) is 4.22. The molecule has 2 saturated heterocycles. The molecule has 1 aromatic heterocycles. The number of anilines is 1. The minimum absolute atomic E-state index is 0.0321. The second-order valence-electron chi connectivity index (χ2n) is 10.9. The zero-order valence-electron chi connectivity index (χ0n) is 22.3. The van der Waals surface area contributed by atoms with Gasteiger partial charge in [0.25, 0.3) is 0 Å². The summed E-state index contributed by atoms with van der Waals surface area (Å²) in [4.78, 5) is 22.9. The quantitative estimate of drug-likeness (QED) is 0.360. The third kappa shape index (κ3) is 5.98. The first kappa shape index (κ1) is 25.6. The third-order valence-corrected chi connectivity index (χ3v) is 8.20. The summed E-state index contributed by atoms with van der Waals surface area (Å²) in [7, 11) is 0. The molecule has 1 N–H and O–H groups in total. The fourth-order valence-electron chi connectivity index (χ4n) is 6.02. The topological polar surface area (TPSA) is 53.4 Å². The number of halogens is 1. The van der Waals surface area contributed by atoms with Crippen LogP contribution in [0.1, 0.15) is 36.8 Å². The lowest BCUT2D eigenvalue weighted by Gasteiger charge is -2.35. The zero-order valence-corrected chi connectivity index (χ0v) is 22.3. The highest BCUT2D eigenvalue weighted by atomic mass is 19.1. The number of aromatic nitrogens is 2. The molecule has 3 heterocycles. The molecule has 0 aliphatic carbocycles. The Labute approximate surface area is 229 Å². The summed E-state index contributed by atoms with van der Waals surface area (Å²) in [5, 5.41) is 3.36. The number of amides is 1. The molecule has 2 fully saturated rings. The molecule has 39 heavy (non-hydrogen) atoms. The summed E-state index contributed by atoms with van der Waals surface area (Å²) in [5.74, 6) is 0.895. The first-order chi connectivity index (χ1) is 19.1. The highest BCUT2D eigenvalue weighted by Gasteiger charge is 2.30. The summed E-state index contributed by atoms with van der Waals surface area (Å²) in [6.07, 6.45) is 3.62. The maximum Gasteiger partial charge on any atom is 0.223 e. The summed E-state index contributed by atoms with van der Waals surface area (Å²) in [6, 6.07) is 25.7. The van der Waals surface area contributed by atoms with Crippen LogP contribution in [-0.2, 0) is 17.9 Å². The number of fused-ring (bicyclic) bond motifs is 1. The average molecular weight is 526 g/mol. The Kier molecular flexibility index (Phi) is 7.59. The van der Waals surface area contributed by atoms with Crippen LogP contribution in [0.5, 0.6) is 0 Å². The van der Waals surface area contributed by atoms with Crippen molar-refractivity contribution in [3.05, 3.63) is 95.8 Å². The van der Waals surface area contributed by atoms with Gasteiger partial charge >= 0.3 is 0 Å². The Morgan fingerprint density at radius 2 is 1.54 bits per heavy atom. The second kappa shape index (κ2) is 11.6. The van der Waals surface area contributed by atoms with Crippen molar-refractivity contribution in [3.63, 3.8) is 0 Å². The van der Waals surface area contributed by atoms with Crippen LogP contribution in [-0.4, -0.2) is 52.6 Å². The predicted molar refractivity (Wildman–Crippen MR) is 153 cm³/mol. The predicted octanol–water partition coefficient (Wildman–Crippen LogP) is 5.22. The van der Waals surface area contributed by atoms with Crippen LogP contribution in [0.2, 0.25) is 0 Å². The van der Waals surface area contributed by atoms with Crippen LogP contribution in [0.15, 0.2) is 78.9 Å². The SMILES string of the molecule is O=C(NC1CCN(Cc2ccccc2)CC1)C1CCN(c2nc3ccccc3n2Cc2cccc(F)c2)CC1. The van der Waals surface area contributed by atoms with E-state index in [0.717, 1.165) is 81.0 Å². The number of hydrogen-bond donors (Lipinski definition) is 1. The van der Waals surface area contributed by atoms with Crippen LogP contribution < -0.4 is 10.2 Å². The first-order valence-electron chi connectivity index (χ1n) is 14.1. The molecule has 0 saturated carbocycles. The minimum atomic E-state index is -0.229. The molecular weight excluding hydrogens is 489 g/mol. The van der Waals surface area contributed by atoms with Crippen molar-refractivity contribution in [2.75, 3.05) is 31.1 Å². The molecule has 2 aliphatic heterocycles. The summed E-state index contributed by atoms with van der Waals surface area (Å²) < 4.78 is 16.1. The van der Waals surface area contributed by atoms with E-state index in [9.17, 15) is 9.18 Å². The second-order valence-corrected chi connectivity index (χ2v) is 10.9. The average Bonchev–Trinajstić information content (AvgIpc) is 3.33. The Morgan fingerprint density at radius 3 is 2.31 bits per heavy atom. The fraction of sp³-hybridized carbons (Fsp3) is 0.375. The number of carbonyl (C=O) groups excluding carboxylic acids is 1. The number of carbonyl (C=O) groups is 1. The number of nitrogens with one attached hydrogen (secondary N) is 1. The number of likely N-dealkylation sites (tertiary alicyclic amines) is 1. The Balaban J connectivity index is 1.05. The number of nitrogens with zero attached hydrogens (tertiary/aromatic N) is 4. The van der Waals surface area contributed by atoms with E-state index >= 15 is 0 Å². The van der Waals surface area contributed by atoms with Gasteiger partial charge in [0.05, 0.1) is 17.6 Å². The van der Waals surface area contributed by atoms with Crippen molar-refractivity contribution < 1.29 is 9.18 Å². The molecule has 7 heteroatoms. The van der Waals surface area contributed by atoms with Crippen LogP contribution in [0, 0.1) is 11.7 Å². The number of para-hydroxylation sites is 2. The van der Waals surface area contributed by atoms with Crippen molar-refractivity contribution in [1.29, 1.82) is 0 Å². The maximum absolute atomic E-state index is 13.9. The van der Waals surface area contributed by atoms with E-state index in [2.05, 4.69) is 56.1 Å². The van der Waals surface area contributed by atoms with E-state index < -0.39 is 0 Å². The molecule has 0 unspecified atom stereocenters. The molecule has 6 rings (SSSR count). The summed E-state index contributed by atoms with van der Waals surface area (Å²) in [6.45, 7) is 5.11. The number of benzene rings is 3. The Hall–Kier alpha value is -3.71. The fourth-order valence-corrected chi connectivity index (χ4v) is 6.02. The van der Waals surface area contributed by atoms with E-state index in [1.807, 2.05) is 24.3 Å². The molecule has 1 amide bonds. The highest BCUT2D eigenvalue weighted by molar-refractivity contribution is 5.80. The van der Waals surface area contributed by atoms with Crippen molar-refractivity contribution in [1.82, 2.24) is 19.8 Å². The molecule has 0 spiro atoms. The van der Waals surface area contributed by atoms with E-state index in [4.69, 9.17) is 4.98 Å². The van der Waals surface area contributed by atoms with Gasteiger partial charge in [0.2, 0.25) is 11.9 Å². The van der Waals surface area contributed by atoms with Crippen molar-refractivity contribution in [2.24, 2.45) is 5.92 Å². The van der Waals surface area contributed by atoms with Gasteiger partial charge < -0.3 is 14.8 Å². The van der Waals surface area contributed by atoms with Gasteiger partial charge in [-0.05, 0) is 61.1 Å². The smallest absolute Gasteiger partial charge is 0.223 e. The lowest BCUT2D eigenvalue weighted by molar-refractivity contribution is -0.126.